The molecule has 2 saturated heterocycles. The van der Waals surface area contributed by atoms with Crippen molar-refractivity contribution in [3.63, 3.8) is 0 Å². The van der Waals surface area contributed by atoms with Gasteiger partial charge in [0.05, 0.1) is 17.3 Å². The van der Waals surface area contributed by atoms with E-state index in [-0.39, 0.29) is 28.6 Å². The lowest BCUT2D eigenvalue weighted by Gasteiger charge is -2.37. The molecule has 3 heterocycles. The lowest BCUT2D eigenvalue weighted by atomic mass is 9.92. The first-order valence-electron chi connectivity index (χ1n) is 7.12. The number of likely N-dealkylation sites (tertiary alicyclic amines) is 2. The number of carbonyl (C=O) groups excluding carboxylic acids is 2. The Morgan fingerprint density at radius 1 is 1.50 bits per heavy atom. The van der Waals surface area contributed by atoms with Crippen LogP contribution >= 0.6 is 23.4 Å². The second-order valence-corrected chi connectivity index (χ2v) is 6.81. The largest absolute Gasteiger partial charge is 0.341 e. The average molecular weight is 341 g/mol. The van der Waals surface area contributed by atoms with Gasteiger partial charge < -0.3 is 9.80 Å². The molecule has 1 aromatic rings. The zero-order chi connectivity index (χ0) is 15.9. The van der Waals surface area contributed by atoms with E-state index >= 15 is 0 Å². The fourth-order valence-electron chi connectivity index (χ4n) is 3.14. The third-order valence-electron chi connectivity index (χ3n) is 4.44. The number of aromatic nitrogens is 2. The van der Waals surface area contributed by atoms with Crippen LogP contribution in [-0.2, 0) is 4.79 Å². The molecular formula is C14H17ClN4O2S. The monoisotopic (exact) mass is 340 g/mol. The van der Waals surface area contributed by atoms with Gasteiger partial charge in [0.2, 0.25) is 5.91 Å². The molecule has 2 atom stereocenters. The van der Waals surface area contributed by atoms with Gasteiger partial charge in [-0.3, -0.25) is 9.59 Å². The highest BCUT2D eigenvalue weighted by molar-refractivity contribution is 7.98. The summed E-state index contributed by atoms with van der Waals surface area (Å²) in [6, 6.07) is 0.103. The first-order chi connectivity index (χ1) is 10.5. The molecule has 3 rings (SSSR count). The minimum atomic E-state index is -0.186. The van der Waals surface area contributed by atoms with Gasteiger partial charge in [-0.1, -0.05) is 23.4 Å². The lowest BCUT2D eigenvalue weighted by molar-refractivity contribution is -0.127. The van der Waals surface area contributed by atoms with Crippen molar-refractivity contribution in [3.8, 4) is 0 Å². The number of likely N-dealkylation sites (N-methyl/N-ethyl adjacent to an activating group) is 1. The van der Waals surface area contributed by atoms with Crippen LogP contribution < -0.4 is 0 Å². The number of rotatable bonds is 2. The Balaban J connectivity index is 1.80. The summed E-state index contributed by atoms with van der Waals surface area (Å²) in [5.41, 5.74) is 0.242. The van der Waals surface area contributed by atoms with Crippen LogP contribution in [0.3, 0.4) is 0 Å². The Morgan fingerprint density at radius 2 is 2.27 bits per heavy atom. The highest BCUT2D eigenvalue weighted by Gasteiger charge is 2.42. The molecule has 0 radical (unpaired) electrons. The summed E-state index contributed by atoms with van der Waals surface area (Å²) in [4.78, 5) is 36.3. The van der Waals surface area contributed by atoms with Crippen LogP contribution in [0.2, 0.25) is 5.02 Å². The molecule has 8 heteroatoms. The molecule has 6 nitrogen and oxygen atoms in total. The lowest BCUT2D eigenvalue weighted by Crippen LogP contribution is -2.49. The molecule has 2 amide bonds. The molecular weight excluding hydrogens is 324 g/mol. The van der Waals surface area contributed by atoms with Crippen LogP contribution in [0, 0.1) is 5.92 Å². The number of fused-ring (bicyclic) bond motifs is 1. The number of nitrogens with zero attached hydrogens (tertiary/aromatic N) is 4. The third-order valence-corrected chi connectivity index (χ3v) is 5.28. The van der Waals surface area contributed by atoms with E-state index in [0.29, 0.717) is 30.6 Å². The number of hydrogen-bond donors (Lipinski definition) is 0. The molecule has 0 bridgehead atoms. The summed E-state index contributed by atoms with van der Waals surface area (Å²) in [5, 5.41) is 0.788. The van der Waals surface area contributed by atoms with E-state index in [2.05, 4.69) is 9.97 Å². The molecule has 2 aliphatic heterocycles. The van der Waals surface area contributed by atoms with Crippen molar-refractivity contribution in [3.05, 3.63) is 16.9 Å². The SMILES string of the molecule is CSc1ncc(Cl)c(C(=O)N2CC[C@@H]3CC(=O)N(C)[C@@H]3C2)n1. The van der Waals surface area contributed by atoms with Crippen LogP contribution in [0.5, 0.6) is 0 Å². The van der Waals surface area contributed by atoms with Gasteiger partial charge in [-0.2, -0.15) is 0 Å². The van der Waals surface area contributed by atoms with Gasteiger partial charge in [0.25, 0.3) is 5.91 Å². The molecule has 118 valence electrons. The molecule has 22 heavy (non-hydrogen) atoms. The predicted octanol–water partition coefficient (Wildman–Crippen LogP) is 1.54. The van der Waals surface area contributed by atoms with Gasteiger partial charge in [0.15, 0.2) is 10.9 Å². The molecule has 0 spiro atoms. The van der Waals surface area contributed by atoms with E-state index in [9.17, 15) is 9.59 Å². The number of amides is 2. The zero-order valence-corrected chi connectivity index (χ0v) is 14.0. The average Bonchev–Trinajstić information content (AvgIpc) is 2.81. The minimum absolute atomic E-state index is 0.103. The molecule has 1 aromatic heterocycles. The summed E-state index contributed by atoms with van der Waals surface area (Å²) in [5.74, 6) is 0.326. The van der Waals surface area contributed by atoms with E-state index in [1.54, 1.807) is 9.80 Å². The van der Waals surface area contributed by atoms with E-state index < -0.39 is 0 Å². The van der Waals surface area contributed by atoms with Crippen molar-refractivity contribution in [1.29, 1.82) is 0 Å². The summed E-state index contributed by atoms with van der Waals surface area (Å²) in [6.45, 7) is 1.18. The molecule has 0 aliphatic carbocycles. The Hall–Kier alpha value is -1.34. The number of thioether (sulfide) groups is 1. The van der Waals surface area contributed by atoms with Gasteiger partial charge in [-0.15, -0.1) is 0 Å². The molecule has 2 fully saturated rings. The van der Waals surface area contributed by atoms with Crippen LogP contribution in [0.15, 0.2) is 11.4 Å². The predicted molar refractivity (Wildman–Crippen MR) is 84.0 cm³/mol. The smallest absolute Gasteiger partial charge is 0.274 e. The first-order valence-corrected chi connectivity index (χ1v) is 8.73. The topological polar surface area (TPSA) is 66.4 Å². The van der Waals surface area contributed by atoms with Crippen molar-refractivity contribution in [2.75, 3.05) is 26.4 Å². The quantitative estimate of drug-likeness (QED) is 0.603. The minimum Gasteiger partial charge on any atom is -0.341 e. The van der Waals surface area contributed by atoms with E-state index in [0.717, 1.165) is 6.42 Å². The summed E-state index contributed by atoms with van der Waals surface area (Å²) in [7, 11) is 1.81. The molecule has 0 N–H and O–H groups in total. The fourth-order valence-corrected chi connectivity index (χ4v) is 3.66. The molecule has 0 saturated carbocycles. The first kappa shape index (κ1) is 15.6. The second kappa shape index (κ2) is 6.04. The summed E-state index contributed by atoms with van der Waals surface area (Å²) < 4.78 is 0. The van der Waals surface area contributed by atoms with Gasteiger partial charge >= 0.3 is 0 Å². The Kier molecular flexibility index (Phi) is 4.27. The number of halogens is 1. The van der Waals surface area contributed by atoms with Crippen molar-refractivity contribution >= 4 is 35.2 Å². The standard InChI is InChI=1S/C14H17ClN4O2S/c1-18-10-7-19(4-3-8(10)5-11(18)20)13(21)12-9(15)6-16-14(17-12)22-2/h6,8,10H,3-5,7H2,1-2H3/t8-,10-/m1/s1. The number of carbonyl (C=O) groups is 2. The highest BCUT2D eigenvalue weighted by Crippen LogP contribution is 2.32. The van der Waals surface area contributed by atoms with Gasteiger partial charge in [0.1, 0.15) is 0 Å². The van der Waals surface area contributed by atoms with Crippen LogP contribution in [0.4, 0.5) is 0 Å². The van der Waals surface area contributed by atoms with Crippen molar-refractivity contribution < 1.29 is 9.59 Å². The molecule has 0 unspecified atom stereocenters. The maximum atomic E-state index is 12.7. The van der Waals surface area contributed by atoms with Gasteiger partial charge in [-0.25, -0.2) is 9.97 Å². The highest BCUT2D eigenvalue weighted by atomic mass is 35.5. The maximum Gasteiger partial charge on any atom is 0.274 e. The molecule has 0 aromatic carbocycles. The van der Waals surface area contributed by atoms with Crippen LogP contribution in [0.25, 0.3) is 0 Å². The Bertz CT molecular complexity index is 627. The van der Waals surface area contributed by atoms with Gasteiger partial charge in [0, 0.05) is 26.6 Å². The summed E-state index contributed by atoms with van der Waals surface area (Å²) >= 11 is 7.45. The van der Waals surface area contributed by atoms with Crippen molar-refractivity contribution in [2.45, 2.75) is 24.0 Å². The van der Waals surface area contributed by atoms with E-state index in [4.69, 9.17) is 11.6 Å². The second-order valence-electron chi connectivity index (χ2n) is 5.63. The van der Waals surface area contributed by atoms with Crippen LogP contribution in [-0.4, -0.2) is 64.0 Å². The van der Waals surface area contributed by atoms with E-state index in [1.165, 1.54) is 18.0 Å². The fraction of sp³-hybridized carbons (Fsp3) is 0.571. The maximum absolute atomic E-state index is 12.7. The normalized spacial score (nSPS) is 24.6. The Labute approximate surface area is 138 Å². The zero-order valence-electron chi connectivity index (χ0n) is 12.5. The van der Waals surface area contributed by atoms with Crippen LogP contribution in [0.1, 0.15) is 23.3 Å². The van der Waals surface area contributed by atoms with Crippen molar-refractivity contribution in [2.24, 2.45) is 5.92 Å². The Morgan fingerprint density at radius 3 is 3.00 bits per heavy atom. The van der Waals surface area contributed by atoms with Crippen molar-refractivity contribution in [1.82, 2.24) is 19.8 Å². The number of hydrogen-bond acceptors (Lipinski definition) is 5. The van der Waals surface area contributed by atoms with Gasteiger partial charge in [-0.05, 0) is 18.6 Å². The van der Waals surface area contributed by atoms with E-state index in [1.807, 2.05) is 13.3 Å². The number of piperidine rings is 1. The third kappa shape index (κ3) is 2.67. The molecule has 2 aliphatic rings. The summed E-state index contributed by atoms with van der Waals surface area (Å²) in [6.07, 6.45) is 4.74.